The molecule has 1 fully saturated rings. The molecule has 1 aliphatic rings. The molecular formula is C27H30ClFN2O3. The zero-order valence-corrected chi connectivity index (χ0v) is 20.6. The van der Waals surface area contributed by atoms with Gasteiger partial charge in [0.1, 0.15) is 5.82 Å². The Morgan fingerprint density at radius 1 is 1.15 bits per heavy atom. The van der Waals surface area contributed by atoms with Crippen LogP contribution < -0.4 is 0 Å². The monoisotopic (exact) mass is 484 g/mol. The summed E-state index contributed by atoms with van der Waals surface area (Å²) >= 11 is 5.89. The molecule has 0 bridgehead atoms. The van der Waals surface area contributed by atoms with Gasteiger partial charge in [-0.2, -0.15) is 0 Å². The number of piperidine rings is 1. The van der Waals surface area contributed by atoms with E-state index in [9.17, 15) is 14.0 Å². The summed E-state index contributed by atoms with van der Waals surface area (Å²) in [6.07, 6.45) is 4.01. The van der Waals surface area contributed by atoms with Gasteiger partial charge in [0, 0.05) is 54.3 Å². The van der Waals surface area contributed by atoms with E-state index in [-0.39, 0.29) is 22.8 Å². The first-order chi connectivity index (χ1) is 16.3. The molecule has 1 aliphatic heterocycles. The number of benzene rings is 2. The van der Waals surface area contributed by atoms with Gasteiger partial charge in [0.2, 0.25) is 0 Å². The second-order valence-corrected chi connectivity index (χ2v) is 9.87. The fourth-order valence-corrected chi connectivity index (χ4v) is 4.82. The van der Waals surface area contributed by atoms with Gasteiger partial charge in [-0.25, -0.2) is 4.39 Å². The molecule has 1 aromatic heterocycles. The lowest BCUT2D eigenvalue weighted by Crippen LogP contribution is -2.39. The molecule has 0 unspecified atom stereocenters. The molecule has 3 aromatic rings. The summed E-state index contributed by atoms with van der Waals surface area (Å²) in [7, 11) is 1.40. The van der Waals surface area contributed by atoms with Crippen molar-refractivity contribution in [2.24, 2.45) is 11.8 Å². The van der Waals surface area contributed by atoms with E-state index in [1.165, 1.54) is 13.2 Å². The van der Waals surface area contributed by atoms with Crippen LogP contribution in [0.2, 0.25) is 5.02 Å². The Kier molecular flexibility index (Phi) is 7.27. The number of aromatic nitrogens is 1. The topological polar surface area (TPSA) is 51.5 Å². The maximum absolute atomic E-state index is 14.2. The number of carbonyl (C=O) groups excluding carboxylic acids is 2. The number of nitrogens with zero attached hydrogens (tertiary/aromatic N) is 2. The molecular weight excluding hydrogens is 455 g/mol. The standard InChI is InChI=1S/C27H30ClFN2O3/c1-17(2)15-31-16-22(19-5-7-23(28)24(29)13-19)21-6-4-20(14-25(21)31)27(33)30-10-8-18(9-11-30)12-26(32)34-3/h4-7,13-14,16-18H,8-12,15H2,1-3H3. The van der Waals surface area contributed by atoms with Crippen molar-refractivity contribution in [3.8, 4) is 11.1 Å². The van der Waals surface area contributed by atoms with Crippen molar-refractivity contribution in [3.63, 3.8) is 0 Å². The Morgan fingerprint density at radius 3 is 2.53 bits per heavy atom. The third-order valence-corrected chi connectivity index (χ3v) is 6.81. The predicted octanol–water partition coefficient (Wildman–Crippen LogP) is 6.17. The zero-order valence-electron chi connectivity index (χ0n) is 19.8. The third kappa shape index (κ3) is 5.12. The van der Waals surface area contributed by atoms with Gasteiger partial charge in [0.15, 0.2) is 0 Å². The Hall–Kier alpha value is -2.86. The molecule has 0 N–H and O–H groups in total. The van der Waals surface area contributed by atoms with Crippen LogP contribution in [0.4, 0.5) is 4.39 Å². The molecule has 5 nitrogen and oxygen atoms in total. The van der Waals surface area contributed by atoms with E-state index in [4.69, 9.17) is 16.3 Å². The van der Waals surface area contributed by atoms with Crippen molar-refractivity contribution >= 4 is 34.4 Å². The van der Waals surface area contributed by atoms with Crippen molar-refractivity contribution in [2.45, 2.75) is 39.7 Å². The highest BCUT2D eigenvalue weighted by molar-refractivity contribution is 6.30. The van der Waals surface area contributed by atoms with Crippen LogP contribution in [-0.4, -0.2) is 41.5 Å². The summed E-state index contributed by atoms with van der Waals surface area (Å²) in [6, 6.07) is 10.6. The van der Waals surface area contributed by atoms with E-state index in [1.54, 1.807) is 6.07 Å². The predicted molar refractivity (Wildman–Crippen MR) is 132 cm³/mol. The van der Waals surface area contributed by atoms with Crippen LogP contribution in [0.3, 0.4) is 0 Å². The lowest BCUT2D eigenvalue weighted by Gasteiger charge is -2.31. The van der Waals surface area contributed by atoms with Gasteiger partial charge in [-0.05, 0) is 54.5 Å². The highest BCUT2D eigenvalue weighted by Crippen LogP contribution is 2.34. The summed E-state index contributed by atoms with van der Waals surface area (Å²) in [5, 5.41) is 1.06. The number of rotatable bonds is 6. The van der Waals surface area contributed by atoms with Gasteiger partial charge in [-0.3, -0.25) is 9.59 Å². The number of esters is 1. The molecule has 0 radical (unpaired) electrons. The van der Waals surface area contributed by atoms with Gasteiger partial charge < -0.3 is 14.2 Å². The average molecular weight is 485 g/mol. The van der Waals surface area contributed by atoms with Crippen LogP contribution in [0.15, 0.2) is 42.6 Å². The van der Waals surface area contributed by atoms with Crippen LogP contribution in [0.25, 0.3) is 22.0 Å². The lowest BCUT2D eigenvalue weighted by atomic mass is 9.93. The Morgan fingerprint density at radius 2 is 1.88 bits per heavy atom. The summed E-state index contributed by atoms with van der Waals surface area (Å²) in [4.78, 5) is 26.7. The molecule has 1 amide bonds. The van der Waals surface area contributed by atoms with Gasteiger partial charge in [-0.1, -0.05) is 37.6 Å². The van der Waals surface area contributed by atoms with Crippen molar-refractivity contribution in [1.82, 2.24) is 9.47 Å². The van der Waals surface area contributed by atoms with Gasteiger partial charge in [0.25, 0.3) is 5.91 Å². The summed E-state index contributed by atoms with van der Waals surface area (Å²) in [5.41, 5.74) is 3.25. The first-order valence-electron chi connectivity index (χ1n) is 11.7. The van der Waals surface area contributed by atoms with E-state index >= 15 is 0 Å². The van der Waals surface area contributed by atoms with E-state index in [0.717, 1.165) is 41.4 Å². The molecule has 0 aliphatic carbocycles. The second-order valence-electron chi connectivity index (χ2n) is 9.47. The smallest absolute Gasteiger partial charge is 0.305 e. The average Bonchev–Trinajstić information content (AvgIpc) is 3.17. The number of carbonyl (C=O) groups is 2. The minimum absolute atomic E-state index is 0.00481. The maximum Gasteiger partial charge on any atom is 0.305 e. The molecule has 0 spiro atoms. The van der Waals surface area contributed by atoms with Crippen LogP contribution in [0, 0.1) is 17.7 Å². The fourth-order valence-electron chi connectivity index (χ4n) is 4.70. The van der Waals surface area contributed by atoms with E-state index < -0.39 is 5.82 Å². The van der Waals surface area contributed by atoms with Crippen LogP contribution in [0.1, 0.15) is 43.5 Å². The molecule has 2 aromatic carbocycles. The van der Waals surface area contributed by atoms with Gasteiger partial charge >= 0.3 is 5.97 Å². The van der Waals surface area contributed by atoms with Crippen molar-refractivity contribution < 1.29 is 18.7 Å². The third-order valence-electron chi connectivity index (χ3n) is 6.51. The molecule has 0 saturated carbocycles. The zero-order chi connectivity index (χ0) is 24.4. The maximum atomic E-state index is 14.2. The van der Waals surface area contributed by atoms with E-state index in [0.29, 0.717) is 31.0 Å². The first-order valence-corrected chi connectivity index (χ1v) is 12.1. The SMILES string of the molecule is COC(=O)CC1CCN(C(=O)c2ccc3c(-c4ccc(Cl)c(F)c4)cn(CC(C)C)c3c2)CC1. The summed E-state index contributed by atoms with van der Waals surface area (Å²) < 4.78 is 21.1. The van der Waals surface area contributed by atoms with Crippen molar-refractivity contribution in [2.75, 3.05) is 20.2 Å². The fraction of sp³-hybridized carbons (Fsp3) is 0.407. The first kappa shape index (κ1) is 24.3. The number of methoxy groups -OCH3 is 1. The quantitative estimate of drug-likeness (QED) is 0.393. The van der Waals surface area contributed by atoms with E-state index in [1.807, 2.05) is 35.4 Å². The number of ether oxygens (including phenoxy) is 1. The highest BCUT2D eigenvalue weighted by atomic mass is 35.5. The summed E-state index contributed by atoms with van der Waals surface area (Å²) in [6.45, 7) is 6.31. The van der Waals surface area contributed by atoms with Crippen molar-refractivity contribution in [3.05, 3.63) is 59.0 Å². The minimum atomic E-state index is -0.452. The minimum Gasteiger partial charge on any atom is -0.469 e. The molecule has 180 valence electrons. The highest BCUT2D eigenvalue weighted by Gasteiger charge is 2.26. The summed E-state index contributed by atoms with van der Waals surface area (Å²) in [5.74, 6) is 0.00169. The number of fused-ring (bicyclic) bond motifs is 1. The number of amides is 1. The normalized spacial score (nSPS) is 14.7. The largest absolute Gasteiger partial charge is 0.469 e. The van der Waals surface area contributed by atoms with Crippen LogP contribution in [0.5, 0.6) is 0 Å². The van der Waals surface area contributed by atoms with Crippen molar-refractivity contribution in [1.29, 1.82) is 0 Å². The van der Waals surface area contributed by atoms with E-state index in [2.05, 4.69) is 18.4 Å². The molecule has 1 saturated heterocycles. The molecule has 4 rings (SSSR count). The molecule has 2 heterocycles. The second kappa shape index (κ2) is 10.2. The number of likely N-dealkylation sites (tertiary alicyclic amines) is 1. The number of hydrogen-bond acceptors (Lipinski definition) is 3. The molecule has 7 heteroatoms. The molecule has 0 atom stereocenters. The molecule has 34 heavy (non-hydrogen) atoms. The Balaban J connectivity index is 1.62. The number of hydrogen-bond donors (Lipinski definition) is 0. The van der Waals surface area contributed by atoms with Crippen LogP contribution in [-0.2, 0) is 16.1 Å². The van der Waals surface area contributed by atoms with Gasteiger partial charge in [-0.15, -0.1) is 0 Å². The van der Waals surface area contributed by atoms with Gasteiger partial charge in [0.05, 0.1) is 12.1 Å². The number of halogens is 2. The Bertz CT molecular complexity index is 1210. The Labute approximate surface area is 204 Å². The lowest BCUT2D eigenvalue weighted by molar-refractivity contribution is -0.142. The van der Waals surface area contributed by atoms with Crippen LogP contribution >= 0.6 is 11.6 Å².